The van der Waals surface area contributed by atoms with E-state index in [1.807, 2.05) is 13.8 Å². The van der Waals surface area contributed by atoms with Crippen LogP contribution in [0.3, 0.4) is 0 Å². The van der Waals surface area contributed by atoms with E-state index in [0.717, 1.165) is 19.1 Å². The third kappa shape index (κ3) is 5.24. The van der Waals surface area contributed by atoms with Gasteiger partial charge in [0.2, 0.25) is 0 Å². The van der Waals surface area contributed by atoms with Crippen molar-refractivity contribution in [2.24, 2.45) is 0 Å². The van der Waals surface area contributed by atoms with Crippen molar-refractivity contribution >= 4 is 6.09 Å². The highest BCUT2D eigenvalue weighted by molar-refractivity contribution is 5.78. The molecule has 10 heteroatoms. The predicted molar refractivity (Wildman–Crippen MR) is 140 cm³/mol. The number of rotatable bonds is 6. The first-order valence-electron chi connectivity index (χ1n) is 13.3. The van der Waals surface area contributed by atoms with Gasteiger partial charge in [0.15, 0.2) is 0 Å². The molecule has 0 radical (unpaired) electrons. The lowest BCUT2D eigenvalue weighted by Gasteiger charge is -2.27. The van der Waals surface area contributed by atoms with Crippen LogP contribution in [0.2, 0.25) is 0 Å². The first kappa shape index (κ1) is 28.8. The zero-order valence-corrected chi connectivity index (χ0v) is 22.9. The molecule has 41 heavy (non-hydrogen) atoms. The van der Waals surface area contributed by atoms with Crippen LogP contribution in [-0.2, 0) is 16.8 Å². The lowest BCUT2D eigenvalue weighted by molar-refractivity contribution is -0.137. The lowest BCUT2D eigenvalue weighted by atomic mass is 9.88. The second kappa shape index (κ2) is 10.3. The Morgan fingerprint density at radius 3 is 2.32 bits per heavy atom. The van der Waals surface area contributed by atoms with Gasteiger partial charge in [0.05, 0.1) is 24.8 Å². The molecule has 2 fully saturated rings. The molecule has 3 aromatic rings. The molecule has 218 valence electrons. The summed E-state index contributed by atoms with van der Waals surface area (Å²) in [4.78, 5) is 14.6. The first-order chi connectivity index (χ1) is 19.2. The van der Waals surface area contributed by atoms with Gasteiger partial charge in [-0.1, -0.05) is 38.1 Å². The van der Waals surface area contributed by atoms with Crippen molar-refractivity contribution in [2.45, 2.75) is 69.8 Å². The van der Waals surface area contributed by atoms with Crippen LogP contribution >= 0.6 is 0 Å². The van der Waals surface area contributed by atoms with E-state index in [0.29, 0.717) is 35.1 Å². The average Bonchev–Trinajstić information content (AvgIpc) is 3.48. The van der Waals surface area contributed by atoms with Gasteiger partial charge in [0.1, 0.15) is 17.7 Å². The summed E-state index contributed by atoms with van der Waals surface area (Å²) < 4.78 is 95.0. The number of cyclic esters (lactones) is 1. The fourth-order valence-corrected chi connectivity index (χ4v) is 5.88. The van der Waals surface area contributed by atoms with E-state index in [4.69, 9.17) is 9.47 Å². The van der Waals surface area contributed by atoms with E-state index >= 15 is 0 Å². The Morgan fingerprint density at radius 1 is 0.951 bits per heavy atom. The number of alkyl halides is 5. The zero-order chi connectivity index (χ0) is 29.9. The molecule has 0 N–H and O–H groups in total. The van der Waals surface area contributed by atoms with Gasteiger partial charge in [-0.15, -0.1) is 0 Å². The lowest BCUT2D eigenvalue weighted by Crippen LogP contribution is -2.31. The SMILES string of the molecule is COc1cc(F)c(C(C)C)cc1-c1ccc(C(C)(F)F)cc1[C@@H]1CCC2[C@@H](c3cccc(C(F)(F)F)c3)OC(=O)N21. The summed E-state index contributed by atoms with van der Waals surface area (Å²) in [5.74, 6) is -3.63. The normalized spacial score (nSPS) is 20.9. The molecule has 3 atom stereocenters. The number of carbonyl (C=O) groups excluding carboxylic acids is 1. The molecule has 4 nitrogen and oxygen atoms in total. The van der Waals surface area contributed by atoms with E-state index in [1.165, 1.54) is 48.4 Å². The molecular formula is C31H29F6NO3. The number of nitrogens with zero attached hydrogens (tertiary/aromatic N) is 1. The molecule has 0 spiro atoms. The minimum absolute atomic E-state index is 0.181. The van der Waals surface area contributed by atoms with Crippen molar-refractivity contribution in [3.05, 3.63) is 88.2 Å². The maximum Gasteiger partial charge on any atom is 0.416 e. The van der Waals surface area contributed by atoms with Crippen molar-refractivity contribution in [2.75, 3.05) is 7.11 Å². The summed E-state index contributed by atoms with van der Waals surface area (Å²) in [7, 11) is 1.38. The highest BCUT2D eigenvalue weighted by atomic mass is 19.4. The third-order valence-electron chi connectivity index (χ3n) is 7.91. The van der Waals surface area contributed by atoms with E-state index in [9.17, 15) is 31.1 Å². The van der Waals surface area contributed by atoms with E-state index in [2.05, 4.69) is 0 Å². The van der Waals surface area contributed by atoms with E-state index < -0.39 is 47.8 Å². The van der Waals surface area contributed by atoms with E-state index in [1.54, 1.807) is 6.07 Å². The van der Waals surface area contributed by atoms with Gasteiger partial charge >= 0.3 is 12.3 Å². The van der Waals surface area contributed by atoms with Gasteiger partial charge in [-0.25, -0.2) is 18.0 Å². The second-order valence-electron chi connectivity index (χ2n) is 10.9. The van der Waals surface area contributed by atoms with Gasteiger partial charge < -0.3 is 9.47 Å². The summed E-state index contributed by atoms with van der Waals surface area (Å²) in [5.41, 5.74) is 0.841. The van der Waals surface area contributed by atoms with Crippen molar-refractivity contribution in [3.63, 3.8) is 0 Å². The van der Waals surface area contributed by atoms with Crippen LogP contribution in [0.5, 0.6) is 5.75 Å². The smallest absolute Gasteiger partial charge is 0.416 e. The average molecular weight is 578 g/mol. The Morgan fingerprint density at radius 2 is 1.68 bits per heavy atom. The number of methoxy groups -OCH3 is 1. The Labute approximate surface area is 233 Å². The molecule has 2 aliphatic rings. The highest BCUT2D eigenvalue weighted by Gasteiger charge is 2.51. The molecule has 1 amide bonds. The van der Waals surface area contributed by atoms with Crippen LogP contribution in [0.25, 0.3) is 11.1 Å². The number of carbonyl (C=O) groups is 1. The second-order valence-corrected chi connectivity index (χ2v) is 10.9. The maximum absolute atomic E-state index is 14.8. The van der Waals surface area contributed by atoms with Crippen molar-refractivity contribution in [1.82, 2.24) is 4.90 Å². The minimum atomic E-state index is -4.57. The number of benzene rings is 3. The molecule has 2 saturated heterocycles. The number of fused-ring (bicyclic) bond motifs is 1. The topological polar surface area (TPSA) is 38.8 Å². The number of hydrogen-bond acceptors (Lipinski definition) is 3. The van der Waals surface area contributed by atoms with Gasteiger partial charge in [0, 0.05) is 24.1 Å². The monoisotopic (exact) mass is 577 g/mol. The molecule has 5 rings (SSSR count). The fourth-order valence-electron chi connectivity index (χ4n) is 5.88. The van der Waals surface area contributed by atoms with Crippen LogP contribution in [0.4, 0.5) is 31.1 Å². The van der Waals surface area contributed by atoms with Crippen LogP contribution < -0.4 is 4.74 Å². The first-order valence-corrected chi connectivity index (χ1v) is 13.3. The van der Waals surface area contributed by atoms with Crippen molar-refractivity contribution < 1.29 is 40.6 Å². The van der Waals surface area contributed by atoms with Crippen LogP contribution in [0.15, 0.2) is 54.6 Å². The fraction of sp³-hybridized carbons (Fsp3) is 0.387. The minimum Gasteiger partial charge on any atom is -0.496 e. The molecule has 0 saturated carbocycles. The number of halogens is 6. The van der Waals surface area contributed by atoms with Crippen LogP contribution in [-0.4, -0.2) is 24.1 Å². The number of amides is 1. The van der Waals surface area contributed by atoms with Gasteiger partial charge in [-0.05, 0) is 65.3 Å². The Balaban J connectivity index is 1.62. The van der Waals surface area contributed by atoms with Crippen molar-refractivity contribution in [3.8, 4) is 16.9 Å². The summed E-state index contributed by atoms with van der Waals surface area (Å²) >= 11 is 0. The quantitative estimate of drug-likeness (QED) is 0.274. The van der Waals surface area contributed by atoms with E-state index in [-0.39, 0.29) is 22.8 Å². The molecule has 1 unspecified atom stereocenters. The predicted octanol–water partition coefficient (Wildman–Crippen LogP) is 9.15. The number of hydrogen-bond donors (Lipinski definition) is 0. The molecule has 0 aromatic heterocycles. The van der Waals surface area contributed by atoms with Crippen molar-refractivity contribution in [1.29, 1.82) is 0 Å². The van der Waals surface area contributed by atoms with Crippen LogP contribution in [0.1, 0.15) is 79.5 Å². The Hall–Kier alpha value is -3.69. The third-order valence-corrected chi connectivity index (χ3v) is 7.91. The Bertz CT molecular complexity index is 1480. The largest absolute Gasteiger partial charge is 0.496 e. The summed E-state index contributed by atoms with van der Waals surface area (Å²) in [6.07, 6.45) is -5.53. The standard InChI is InChI=1S/C31H29F6NO3/c1-16(2)21-14-23(27(40-4)15-24(21)32)20-9-8-18(30(3,33)34)13-22(20)25-10-11-26-28(41-29(39)38(25)26)17-6-5-7-19(12-17)31(35,36)37/h5-9,12-16,25-26,28H,10-11H2,1-4H3/t25-,26?,28+/m0/s1. The molecular weight excluding hydrogens is 548 g/mol. The summed E-state index contributed by atoms with van der Waals surface area (Å²) in [6.45, 7) is 4.42. The van der Waals surface area contributed by atoms with Crippen LogP contribution in [0, 0.1) is 5.82 Å². The van der Waals surface area contributed by atoms with Gasteiger partial charge in [-0.2, -0.15) is 13.2 Å². The zero-order valence-electron chi connectivity index (χ0n) is 22.9. The molecule has 2 heterocycles. The van der Waals surface area contributed by atoms with Gasteiger partial charge in [0.25, 0.3) is 5.92 Å². The molecule has 0 bridgehead atoms. The summed E-state index contributed by atoms with van der Waals surface area (Å²) in [6, 6.07) is 10.4. The molecule has 0 aliphatic carbocycles. The maximum atomic E-state index is 14.8. The van der Waals surface area contributed by atoms with Gasteiger partial charge in [-0.3, -0.25) is 4.90 Å². The molecule has 3 aromatic carbocycles. The molecule has 2 aliphatic heterocycles. The Kier molecular flexibility index (Phi) is 7.24. The number of ether oxygens (including phenoxy) is 2. The summed E-state index contributed by atoms with van der Waals surface area (Å²) in [5, 5.41) is 0. The highest BCUT2D eigenvalue weighted by Crippen LogP contribution is 2.51.